The summed E-state index contributed by atoms with van der Waals surface area (Å²) in [5, 5.41) is 0. The van der Waals surface area contributed by atoms with Gasteiger partial charge in [-0.2, -0.15) is 26.3 Å². The van der Waals surface area contributed by atoms with Gasteiger partial charge in [-0.15, -0.1) is 0 Å². The van der Waals surface area contributed by atoms with E-state index >= 15 is 0 Å². The Labute approximate surface area is 73.4 Å². The van der Waals surface area contributed by atoms with E-state index in [1.807, 2.05) is 0 Å². The molecule has 2 radical (unpaired) electrons. The van der Waals surface area contributed by atoms with Crippen LogP contribution in [0.5, 0.6) is 0 Å². The maximum absolute atomic E-state index is 12.0. The third kappa shape index (κ3) is 1.90. The minimum Gasteiger partial charge on any atom is -0.196 e. The molecule has 0 amide bonds. The average molecular weight is 233 g/mol. The van der Waals surface area contributed by atoms with E-state index in [4.69, 9.17) is 0 Å². The summed E-state index contributed by atoms with van der Waals surface area (Å²) in [5.41, 5.74) is 0. The van der Waals surface area contributed by atoms with Crippen molar-refractivity contribution in [2.75, 3.05) is 0 Å². The van der Waals surface area contributed by atoms with E-state index in [0.717, 1.165) is 0 Å². The molecule has 72 valence electrons. The molecule has 0 bridgehead atoms. The molecule has 0 aliphatic carbocycles. The van der Waals surface area contributed by atoms with Gasteiger partial charge >= 0.3 is 18.8 Å². The number of alkyl halides is 4. The Morgan fingerprint density at radius 2 is 1.17 bits per heavy atom. The summed E-state index contributed by atoms with van der Waals surface area (Å²) in [5.74, 6) is -5.26. The molecule has 0 atom stereocenters. The summed E-state index contributed by atoms with van der Waals surface area (Å²) in [6.45, 7) is 0. The third-order valence-corrected chi connectivity index (χ3v) is 1.63. The van der Waals surface area contributed by atoms with Crippen LogP contribution in [0, 0.1) is 12.9 Å². The summed E-state index contributed by atoms with van der Waals surface area (Å²) in [7, 11) is 0. The van der Waals surface area contributed by atoms with Crippen LogP contribution in [0.2, 0.25) is 0 Å². The van der Waals surface area contributed by atoms with Gasteiger partial charge in [-0.3, -0.25) is 0 Å². The van der Waals surface area contributed by atoms with Crippen LogP contribution in [0.15, 0.2) is 0 Å². The minimum atomic E-state index is -5.26. The van der Waals surface area contributed by atoms with Crippen LogP contribution >= 0.6 is 23.2 Å². The molecule has 12 heavy (non-hydrogen) atoms. The Morgan fingerprint density at radius 3 is 1.25 bits per heavy atom. The van der Waals surface area contributed by atoms with Gasteiger partial charge in [0.05, 0.1) is 0 Å². The first-order valence-corrected chi connectivity index (χ1v) is 3.02. The van der Waals surface area contributed by atoms with Crippen LogP contribution in [-0.4, -0.2) is 10.3 Å². The van der Waals surface area contributed by atoms with Crippen LogP contribution in [0.25, 0.3) is 0 Å². The van der Waals surface area contributed by atoms with Crippen LogP contribution in [0.4, 0.5) is 26.3 Å². The van der Waals surface area contributed by atoms with Crippen LogP contribution in [0.3, 0.4) is 0 Å². The Hall–Kier alpha value is 0.160. The highest BCUT2D eigenvalue weighted by atomic mass is 35.5. The molecule has 0 aromatic rings. The van der Waals surface area contributed by atoms with E-state index in [0.29, 0.717) is 0 Å². The molecule has 0 aromatic carbocycles. The van der Waals surface area contributed by atoms with E-state index < -0.39 is 23.1 Å². The Kier molecular flexibility index (Phi) is 3.54. The molecule has 0 N–H and O–H groups in total. The zero-order chi connectivity index (χ0) is 10.2. The van der Waals surface area contributed by atoms with Crippen molar-refractivity contribution in [2.24, 2.45) is 0 Å². The molecule has 0 fully saturated rings. The summed E-state index contributed by atoms with van der Waals surface area (Å²) in [6, 6.07) is 0. The van der Waals surface area contributed by atoms with E-state index in [1.54, 1.807) is 0 Å². The number of rotatable bonds is 3. The molecule has 0 unspecified atom stereocenters. The number of halogens is 8. The van der Waals surface area contributed by atoms with Crippen molar-refractivity contribution in [1.29, 1.82) is 0 Å². The van der Waals surface area contributed by atoms with E-state index in [1.165, 1.54) is 0 Å². The zero-order valence-electron chi connectivity index (χ0n) is 5.02. The predicted molar refractivity (Wildman–Crippen MR) is 30.3 cm³/mol. The number of hydrogen-bond donors (Lipinski definition) is 0. The lowest BCUT2D eigenvalue weighted by Crippen LogP contribution is -2.43. The lowest BCUT2D eigenvalue weighted by atomic mass is 10.2. The van der Waals surface area contributed by atoms with Crippen LogP contribution in [-0.2, 0) is 0 Å². The molecule has 0 aromatic heterocycles. The molecule has 0 rings (SSSR count). The van der Waals surface area contributed by atoms with Gasteiger partial charge in [-0.05, 0) is 0 Å². The Morgan fingerprint density at radius 1 is 0.833 bits per heavy atom. The van der Waals surface area contributed by atoms with Gasteiger partial charge in [0.1, 0.15) is 0 Å². The topological polar surface area (TPSA) is 0 Å². The summed E-state index contributed by atoms with van der Waals surface area (Å²) < 4.78 is 65.5. The highest BCUT2D eigenvalue weighted by Crippen LogP contribution is 2.51. The lowest BCUT2D eigenvalue weighted by molar-refractivity contribution is -0.0837. The van der Waals surface area contributed by atoms with Crippen molar-refractivity contribution < 1.29 is 26.3 Å². The van der Waals surface area contributed by atoms with Crippen LogP contribution in [0.1, 0.15) is 0 Å². The smallest absolute Gasteiger partial charge is 0.196 e. The monoisotopic (exact) mass is 232 g/mol. The van der Waals surface area contributed by atoms with E-state index in [2.05, 4.69) is 23.2 Å². The number of hydrogen-bond acceptors (Lipinski definition) is 0. The maximum Gasteiger partial charge on any atom is 0.381 e. The quantitative estimate of drug-likeness (QED) is 0.515. The van der Waals surface area contributed by atoms with Gasteiger partial charge in [0.15, 0.2) is 0 Å². The molecule has 0 aliphatic heterocycles. The van der Waals surface area contributed by atoms with Crippen molar-refractivity contribution in [1.82, 2.24) is 0 Å². The predicted octanol–water partition coefficient (Wildman–Crippen LogP) is 3.65. The fraction of sp³-hybridized carbons (Fsp3) is 0.500. The second kappa shape index (κ2) is 3.49. The average Bonchev–Trinajstić information content (AvgIpc) is 1.86. The molecular formula is C4Cl2F6. The van der Waals surface area contributed by atoms with Crippen molar-refractivity contribution in [2.45, 2.75) is 10.3 Å². The molecule has 0 heterocycles. The third-order valence-electron chi connectivity index (χ3n) is 0.869. The maximum atomic E-state index is 12.0. The molecule has 0 spiro atoms. The SMILES string of the molecule is F[C](F)C(F)(F)C(Cl)(Cl)[C](F)F. The second-order valence-electron chi connectivity index (χ2n) is 1.67. The summed E-state index contributed by atoms with van der Waals surface area (Å²) >= 11 is 8.57. The normalized spacial score (nSPS) is 14.5. The van der Waals surface area contributed by atoms with Crippen molar-refractivity contribution >= 4 is 23.2 Å². The molecule has 8 heteroatoms. The molecule has 0 aliphatic rings. The van der Waals surface area contributed by atoms with Gasteiger partial charge in [-0.1, -0.05) is 23.2 Å². The first-order valence-electron chi connectivity index (χ1n) is 2.26. The summed E-state index contributed by atoms with van der Waals surface area (Å²) in [4.78, 5) is 0. The van der Waals surface area contributed by atoms with Crippen molar-refractivity contribution in [3.63, 3.8) is 0 Å². The van der Waals surface area contributed by atoms with Crippen LogP contribution < -0.4 is 0 Å². The Balaban J connectivity index is 4.75. The molecule has 0 nitrogen and oxygen atoms in total. The standard InChI is InChI=1S/C4Cl2F6/c5-3(6,1(7)8)4(11,12)2(9)10. The van der Waals surface area contributed by atoms with Gasteiger partial charge in [-0.25, -0.2) is 0 Å². The molecule has 0 saturated carbocycles. The minimum absolute atomic E-state index is 3.19. The highest BCUT2D eigenvalue weighted by Gasteiger charge is 2.66. The highest BCUT2D eigenvalue weighted by molar-refractivity contribution is 6.50. The van der Waals surface area contributed by atoms with Crippen molar-refractivity contribution in [3.05, 3.63) is 12.9 Å². The largest absolute Gasteiger partial charge is 0.381 e. The Bertz CT molecular complexity index is 138. The fourth-order valence-electron chi connectivity index (χ4n) is 0.237. The first kappa shape index (κ1) is 12.2. The fourth-order valence-corrected chi connectivity index (χ4v) is 0.380. The van der Waals surface area contributed by atoms with Gasteiger partial charge in [0.25, 0.3) is 4.33 Å². The van der Waals surface area contributed by atoms with Gasteiger partial charge in [0.2, 0.25) is 0 Å². The van der Waals surface area contributed by atoms with Gasteiger partial charge < -0.3 is 0 Å². The first-order chi connectivity index (χ1) is 5.14. The van der Waals surface area contributed by atoms with E-state index in [-0.39, 0.29) is 0 Å². The van der Waals surface area contributed by atoms with E-state index in [9.17, 15) is 26.3 Å². The van der Waals surface area contributed by atoms with Crippen molar-refractivity contribution in [3.8, 4) is 0 Å². The second-order valence-corrected chi connectivity index (χ2v) is 3.00. The summed E-state index contributed by atoms with van der Waals surface area (Å²) in [6.07, 6.45) is -6.76. The zero-order valence-corrected chi connectivity index (χ0v) is 6.54. The van der Waals surface area contributed by atoms with Gasteiger partial charge in [0, 0.05) is 0 Å². The lowest BCUT2D eigenvalue weighted by Gasteiger charge is -2.25. The molecular weight excluding hydrogens is 233 g/mol. The molecule has 0 saturated heterocycles.